The molecule has 2 heterocycles. The van der Waals surface area contributed by atoms with E-state index in [0.29, 0.717) is 6.04 Å². The van der Waals surface area contributed by atoms with Crippen LogP contribution in [0.25, 0.3) is 5.65 Å². The normalized spacial score (nSPS) is 17.0. The molecule has 4 heteroatoms. The van der Waals surface area contributed by atoms with E-state index in [4.69, 9.17) is 0 Å². The zero-order chi connectivity index (χ0) is 14.7. The summed E-state index contributed by atoms with van der Waals surface area (Å²) in [5.74, 6) is 0. The molecule has 2 aromatic heterocycles. The number of hydrogen-bond acceptors (Lipinski definition) is 2. The summed E-state index contributed by atoms with van der Waals surface area (Å²) in [7, 11) is 0. The molecule has 3 rings (SSSR count). The second-order valence-electron chi connectivity index (χ2n) is 6.21. The zero-order valence-electron chi connectivity index (χ0n) is 12.7. The molecule has 112 valence electrons. The predicted molar refractivity (Wildman–Crippen MR) is 83.3 cm³/mol. The number of nitrogens with zero attached hydrogens (tertiary/aromatic N) is 2. The Kier molecular flexibility index (Phi) is 4.34. The summed E-state index contributed by atoms with van der Waals surface area (Å²) in [6, 6.07) is 6.30. The summed E-state index contributed by atoms with van der Waals surface area (Å²) < 4.78 is 1.63. The van der Waals surface area contributed by atoms with Gasteiger partial charge in [-0.25, -0.2) is 4.98 Å². The van der Waals surface area contributed by atoms with Gasteiger partial charge < -0.3 is 5.32 Å². The molecule has 1 fully saturated rings. The molecular weight excluding hydrogens is 262 g/mol. The van der Waals surface area contributed by atoms with E-state index >= 15 is 0 Å². The van der Waals surface area contributed by atoms with Crippen LogP contribution in [-0.2, 0) is 6.54 Å². The summed E-state index contributed by atoms with van der Waals surface area (Å²) in [4.78, 5) is 16.8. The lowest BCUT2D eigenvalue weighted by molar-refractivity contribution is -0.706. The maximum absolute atomic E-state index is 12.2. The molecule has 0 aliphatic heterocycles. The van der Waals surface area contributed by atoms with Crippen LogP contribution in [-0.4, -0.2) is 15.4 Å². The van der Waals surface area contributed by atoms with E-state index in [1.54, 1.807) is 10.5 Å². The van der Waals surface area contributed by atoms with Crippen molar-refractivity contribution >= 4 is 5.65 Å². The van der Waals surface area contributed by atoms with Crippen molar-refractivity contribution in [3.63, 3.8) is 0 Å². The first-order valence-electron chi connectivity index (χ1n) is 8.05. The van der Waals surface area contributed by atoms with Crippen LogP contribution in [0.2, 0.25) is 0 Å². The molecule has 2 aromatic rings. The van der Waals surface area contributed by atoms with Crippen molar-refractivity contribution < 1.29 is 5.32 Å². The van der Waals surface area contributed by atoms with Crippen LogP contribution in [0.15, 0.2) is 29.2 Å². The first-order chi connectivity index (χ1) is 10.2. The zero-order valence-corrected chi connectivity index (χ0v) is 12.7. The van der Waals surface area contributed by atoms with Crippen LogP contribution in [0.5, 0.6) is 0 Å². The molecule has 0 spiro atoms. The van der Waals surface area contributed by atoms with Crippen molar-refractivity contribution in [1.82, 2.24) is 9.38 Å². The van der Waals surface area contributed by atoms with Gasteiger partial charge in [0.1, 0.15) is 17.9 Å². The van der Waals surface area contributed by atoms with E-state index in [1.165, 1.54) is 38.5 Å². The lowest BCUT2D eigenvalue weighted by atomic mass is 10.1. The third kappa shape index (κ3) is 3.50. The van der Waals surface area contributed by atoms with Gasteiger partial charge in [-0.1, -0.05) is 18.9 Å². The molecule has 0 aromatic carbocycles. The summed E-state index contributed by atoms with van der Waals surface area (Å²) in [6.45, 7) is 2.80. The Morgan fingerprint density at radius 1 is 1.24 bits per heavy atom. The molecule has 21 heavy (non-hydrogen) atoms. The smallest absolute Gasteiger partial charge is 0.258 e. The van der Waals surface area contributed by atoms with Crippen LogP contribution in [0.3, 0.4) is 0 Å². The van der Waals surface area contributed by atoms with Crippen LogP contribution >= 0.6 is 0 Å². The van der Waals surface area contributed by atoms with Gasteiger partial charge in [0.2, 0.25) is 0 Å². The van der Waals surface area contributed by atoms with Crippen LogP contribution < -0.4 is 10.9 Å². The minimum Gasteiger partial charge on any atom is -0.339 e. The van der Waals surface area contributed by atoms with Gasteiger partial charge in [0.25, 0.3) is 5.56 Å². The fourth-order valence-corrected chi connectivity index (χ4v) is 3.20. The minimum absolute atomic E-state index is 0.0213. The van der Waals surface area contributed by atoms with E-state index in [1.807, 2.05) is 25.3 Å². The van der Waals surface area contributed by atoms with Crippen molar-refractivity contribution in [1.29, 1.82) is 0 Å². The SMILES string of the molecule is Cc1ccc2nc(C[NH2+]C3CCCCCC3)cc(=O)n2c1. The number of aromatic nitrogens is 2. The second-order valence-corrected chi connectivity index (χ2v) is 6.21. The lowest BCUT2D eigenvalue weighted by Crippen LogP contribution is -2.88. The average Bonchev–Trinajstić information content (AvgIpc) is 2.74. The van der Waals surface area contributed by atoms with Gasteiger partial charge in [0.15, 0.2) is 0 Å². The highest BCUT2D eigenvalue weighted by Crippen LogP contribution is 2.14. The van der Waals surface area contributed by atoms with Crippen molar-refractivity contribution in [2.24, 2.45) is 0 Å². The maximum atomic E-state index is 12.2. The Balaban J connectivity index is 1.75. The number of nitrogens with two attached hydrogens (primary N) is 1. The van der Waals surface area contributed by atoms with E-state index in [9.17, 15) is 4.79 Å². The van der Waals surface area contributed by atoms with Gasteiger partial charge in [0, 0.05) is 12.3 Å². The topological polar surface area (TPSA) is 51.0 Å². The monoisotopic (exact) mass is 286 g/mol. The highest BCUT2D eigenvalue weighted by atomic mass is 16.1. The minimum atomic E-state index is 0.0213. The van der Waals surface area contributed by atoms with E-state index < -0.39 is 0 Å². The van der Waals surface area contributed by atoms with Crippen molar-refractivity contribution in [2.45, 2.75) is 58.0 Å². The Bertz CT molecular complexity index is 669. The van der Waals surface area contributed by atoms with Gasteiger partial charge >= 0.3 is 0 Å². The Labute approximate surface area is 125 Å². The Hall–Kier alpha value is -1.68. The van der Waals surface area contributed by atoms with Crippen molar-refractivity contribution in [3.8, 4) is 0 Å². The molecule has 4 nitrogen and oxygen atoms in total. The number of pyridine rings is 1. The van der Waals surface area contributed by atoms with Crippen LogP contribution in [0, 0.1) is 6.92 Å². The molecule has 0 amide bonds. The molecular formula is C17H24N3O+. The Morgan fingerprint density at radius 3 is 2.76 bits per heavy atom. The number of rotatable bonds is 3. The molecule has 0 saturated heterocycles. The van der Waals surface area contributed by atoms with E-state index in [0.717, 1.165) is 23.4 Å². The van der Waals surface area contributed by atoms with Crippen molar-refractivity contribution in [3.05, 3.63) is 46.0 Å². The quantitative estimate of drug-likeness (QED) is 0.875. The predicted octanol–water partition coefficient (Wildman–Crippen LogP) is 1.79. The number of hydrogen-bond donors (Lipinski definition) is 1. The number of quaternary nitrogens is 1. The summed E-state index contributed by atoms with van der Waals surface area (Å²) in [5, 5.41) is 2.37. The van der Waals surface area contributed by atoms with Gasteiger partial charge in [-0.3, -0.25) is 9.20 Å². The van der Waals surface area contributed by atoms with Gasteiger partial charge in [-0.2, -0.15) is 0 Å². The van der Waals surface area contributed by atoms with Gasteiger partial charge in [0.05, 0.1) is 6.04 Å². The number of fused-ring (bicyclic) bond motifs is 1. The van der Waals surface area contributed by atoms with E-state index in [-0.39, 0.29) is 5.56 Å². The summed E-state index contributed by atoms with van der Waals surface area (Å²) >= 11 is 0. The third-order valence-electron chi connectivity index (χ3n) is 4.42. The highest BCUT2D eigenvalue weighted by molar-refractivity contribution is 5.39. The maximum Gasteiger partial charge on any atom is 0.258 e. The van der Waals surface area contributed by atoms with Crippen LogP contribution in [0.1, 0.15) is 49.8 Å². The van der Waals surface area contributed by atoms with Crippen molar-refractivity contribution in [2.75, 3.05) is 0 Å². The first-order valence-corrected chi connectivity index (χ1v) is 8.05. The Morgan fingerprint density at radius 2 is 2.00 bits per heavy atom. The number of aryl methyl sites for hydroxylation is 1. The molecule has 1 aliphatic rings. The second kappa shape index (κ2) is 6.39. The van der Waals surface area contributed by atoms with Crippen LogP contribution in [0.4, 0.5) is 0 Å². The van der Waals surface area contributed by atoms with Gasteiger partial charge in [-0.15, -0.1) is 0 Å². The lowest BCUT2D eigenvalue weighted by Gasteiger charge is -2.12. The largest absolute Gasteiger partial charge is 0.339 e. The summed E-state index contributed by atoms with van der Waals surface area (Å²) in [6.07, 6.45) is 9.88. The molecule has 0 atom stereocenters. The fraction of sp³-hybridized carbons (Fsp3) is 0.529. The third-order valence-corrected chi connectivity index (χ3v) is 4.42. The standard InChI is InChI=1S/C17H23N3O/c1-13-8-9-16-19-15(10-17(21)20(16)12-13)11-18-14-6-4-2-3-5-7-14/h8-10,12,14,18H,2-7,11H2,1H3/p+1. The molecule has 1 aliphatic carbocycles. The molecule has 0 radical (unpaired) electrons. The molecule has 0 unspecified atom stereocenters. The van der Waals surface area contributed by atoms with Gasteiger partial charge in [-0.05, 0) is 44.2 Å². The molecule has 2 N–H and O–H groups in total. The average molecular weight is 286 g/mol. The fourth-order valence-electron chi connectivity index (χ4n) is 3.20. The van der Waals surface area contributed by atoms with E-state index in [2.05, 4.69) is 10.3 Å². The first kappa shape index (κ1) is 14.3. The molecule has 1 saturated carbocycles. The highest BCUT2D eigenvalue weighted by Gasteiger charge is 2.15. The molecule has 0 bridgehead atoms. The summed E-state index contributed by atoms with van der Waals surface area (Å²) in [5.41, 5.74) is 2.74.